The number of hydrogen-bond acceptors (Lipinski definition) is 2. The molecular weight excluding hydrogens is 186 g/mol. The number of aliphatic hydroxyl groups is 1. The zero-order valence-electron chi connectivity index (χ0n) is 10.5. The van der Waals surface area contributed by atoms with Crippen molar-refractivity contribution >= 4 is 0 Å². The van der Waals surface area contributed by atoms with E-state index in [0.29, 0.717) is 5.41 Å². The van der Waals surface area contributed by atoms with Crippen LogP contribution in [0.2, 0.25) is 0 Å². The maximum absolute atomic E-state index is 9.29. The molecule has 0 bridgehead atoms. The van der Waals surface area contributed by atoms with Gasteiger partial charge < -0.3 is 5.11 Å². The van der Waals surface area contributed by atoms with Crippen LogP contribution in [0, 0.1) is 17.3 Å². The third-order valence-corrected chi connectivity index (χ3v) is 4.94. The monoisotopic (exact) mass is 211 g/mol. The molecule has 1 aliphatic heterocycles. The van der Waals surface area contributed by atoms with E-state index in [1.165, 1.54) is 12.8 Å². The van der Waals surface area contributed by atoms with Gasteiger partial charge in [0.05, 0.1) is 6.10 Å². The second kappa shape index (κ2) is 3.74. The van der Waals surface area contributed by atoms with Crippen LogP contribution in [0.4, 0.5) is 0 Å². The van der Waals surface area contributed by atoms with Crippen molar-refractivity contribution in [1.29, 1.82) is 0 Å². The number of aliphatic hydroxyl groups excluding tert-OH is 1. The quantitative estimate of drug-likeness (QED) is 0.773. The zero-order valence-corrected chi connectivity index (χ0v) is 10.5. The summed E-state index contributed by atoms with van der Waals surface area (Å²) in [5.74, 6) is 1.58. The highest BCUT2D eigenvalue weighted by Crippen LogP contribution is 2.54. The SMILES string of the molecule is CC(C)C1(C(C)C)CC(N2CC(O)C2)C1. The van der Waals surface area contributed by atoms with Crippen molar-refractivity contribution in [1.82, 2.24) is 4.90 Å². The summed E-state index contributed by atoms with van der Waals surface area (Å²) in [6.45, 7) is 11.3. The van der Waals surface area contributed by atoms with Crippen LogP contribution >= 0.6 is 0 Å². The zero-order chi connectivity index (χ0) is 11.2. The second-order valence-electron chi connectivity index (χ2n) is 6.21. The summed E-state index contributed by atoms with van der Waals surface area (Å²) in [6, 6.07) is 0.762. The van der Waals surface area contributed by atoms with Gasteiger partial charge in [0.2, 0.25) is 0 Å². The van der Waals surface area contributed by atoms with E-state index in [4.69, 9.17) is 0 Å². The lowest BCUT2D eigenvalue weighted by molar-refractivity contribution is -0.118. The number of rotatable bonds is 3. The lowest BCUT2D eigenvalue weighted by Gasteiger charge is -2.59. The third kappa shape index (κ3) is 1.72. The molecule has 2 nitrogen and oxygen atoms in total. The average Bonchev–Trinajstić information content (AvgIpc) is 1.97. The van der Waals surface area contributed by atoms with Gasteiger partial charge in [-0.3, -0.25) is 4.90 Å². The van der Waals surface area contributed by atoms with Crippen molar-refractivity contribution in [3.63, 3.8) is 0 Å². The van der Waals surface area contributed by atoms with Crippen LogP contribution < -0.4 is 0 Å². The van der Waals surface area contributed by atoms with E-state index in [-0.39, 0.29) is 6.10 Å². The highest BCUT2D eigenvalue weighted by molar-refractivity contribution is 5.04. The Bertz CT molecular complexity index is 215. The Balaban J connectivity index is 1.89. The molecular formula is C13H25NO. The van der Waals surface area contributed by atoms with Gasteiger partial charge in [-0.05, 0) is 30.1 Å². The molecule has 1 saturated heterocycles. The summed E-state index contributed by atoms with van der Waals surface area (Å²) in [6.07, 6.45) is 2.64. The molecule has 88 valence electrons. The molecule has 1 aliphatic carbocycles. The van der Waals surface area contributed by atoms with Crippen molar-refractivity contribution in [3.8, 4) is 0 Å². The van der Waals surface area contributed by atoms with Gasteiger partial charge in [-0.15, -0.1) is 0 Å². The Labute approximate surface area is 93.7 Å². The molecule has 15 heavy (non-hydrogen) atoms. The minimum absolute atomic E-state index is 0.0434. The standard InChI is InChI=1S/C13H25NO/c1-9(2)13(10(3)4)5-11(6-13)14-7-12(15)8-14/h9-12,15H,5-8H2,1-4H3. The van der Waals surface area contributed by atoms with Crippen LogP contribution in [0.5, 0.6) is 0 Å². The minimum Gasteiger partial charge on any atom is -0.390 e. The summed E-state index contributed by atoms with van der Waals surface area (Å²) in [5, 5.41) is 9.29. The molecule has 0 unspecified atom stereocenters. The van der Waals surface area contributed by atoms with Crippen LogP contribution in [0.3, 0.4) is 0 Å². The molecule has 0 aromatic heterocycles. The largest absolute Gasteiger partial charge is 0.390 e. The summed E-state index contributed by atoms with van der Waals surface area (Å²) in [5.41, 5.74) is 0.575. The Morgan fingerprint density at radius 2 is 1.53 bits per heavy atom. The Kier molecular flexibility index (Phi) is 2.85. The molecule has 0 spiro atoms. The Morgan fingerprint density at radius 1 is 1.07 bits per heavy atom. The van der Waals surface area contributed by atoms with Gasteiger partial charge >= 0.3 is 0 Å². The molecule has 1 N–H and O–H groups in total. The summed E-state index contributed by atoms with van der Waals surface area (Å²) in [7, 11) is 0. The third-order valence-electron chi connectivity index (χ3n) is 4.94. The van der Waals surface area contributed by atoms with Crippen LogP contribution in [0.25, 0.3) is 0 Å². The van der Waals surface area contributed by atoms with Crippen LogP contribution in [0.1, 0.15) is 40.5 Å². The van der Waals surface area contributed by atoms with E-state index in [1.54, 1.807) is 0 Å². The molecule has 2 aliphatic rings. The number of likely N-dealkylation sites (tertiary alicyclic amines) is 1. The van der Waals surface area contributed by atoms with Gasteiger partial charge in [0.1, 0.15) is 0 Å². The van der Waals surface area contributed by atoms with Gasteiger partial charge in [0.25, 0.3) is 0 Å². The predicted octanol–water partition coefficient (Wildman–Crippen LogP) is 2.12. The molecule has 0 aromatic rings. The first kappa shape index (κ1) is 11.4. The summed E-state index contributed by atoms with van der Waals surface area (Å²) < 4.78 is 0. The van der Waals surface area contributed by atoms with Gasteiger partial charge in [-0.1, -0.05) is 27.7 Å². The van der Waals surface area contributed by atoms with Crippen molar-refractivity contribution in [2.45, 2.75) is 52.7 Å². The van der Waals surface area contributed by atoms with Gasteiger partial charge in [0, 0.05) is 19.1 Å². The van der Waals surface area contributed by atoms with E-state index in [1.807, 2.05) is 0 Å². The number of hydrogen-bond donors (Lipinski definition) is 1. The molecule has 0 radical (unpaired) electrons. The van der Waals surface area contributed by atoms with Crippen molar-refractivity contribution in [3.05, 3.63) is 0 Å². The van der Waals surface area contributed by atoms with E-state index >= 15 is 0 Å². The van der Waals surface area contributed by atoms with Crippen LogP contribution in [0.15, 0.2) is 0 Å². The average molecular weight is 211 g/mol. The molecule has 0 aromatic carbocycles. The topological polar surface area (TPSA) is 23.5 Å². The second-order valence-corrected chi connectivity index (χ2v) is 6.21. The predicted molar refractivity (Wildman–Crippen MR) is 62.7 cm³/mol. The fourth-order valence-corrected chi connectivity index (χ4v) is 3.47. The molecule has 2 heteroatoms. The first-order valence-electron chi connectivity index (χ1n) is 6.38. The van der Waals surface area contributed by atoms with Crippen molar-refractivity contribution < 1.29 is 5.11 Å². The maximum atomic E-state index is 9.29. The maximum Gasteiger partial charge on any atom is 0.0794 e. The van der Waals surface area contributed by atoms with Gasteiger partial charge in [0.15, 0.2) is 0 Å². The van der Waals surface area contributed by atoms with Crippen LogP contribution in [-0.4, -0.2) is 35.2 Å². The summed E-state index contributed by atoms with van der Waals surface area (Å²) >= 11 is 0. The number of nitrogens with zero attached hydrogens (tertiary/aromatic N) is 1. The first-order chi connectivity index (χ1) is 6.95. The van der Waals surface area contributed by atoms with Crippen molar-refractivity contribution in [2.24, 2.45) is 17.3 Å². The van der Waals surface area contributed by atoms with Crippen molar-refractivity contribution in [2.75, 3.05) is 13.1 Å². The lowest BCUT2D eigenvalue weighted by atomic mass is 9.53. The highest BCUT2D eigenvalue weighted by Gasteiger charge is 2.51. The van der Waals surface area contributed by atoms with Gasteiger partial charge in [-0.2, -0.15) is 0 Å². The van der Waals surface area contributed by atoms with Gasteiger partial charge in [-0.25, -0.2) is 0 Å². The molecule has 2 rings (SSSR count). The number of β-amino-alcohol motifs (C(OH)–C–C–N with tert-alkyl or cyclic N) is 1. The fraction of sp³-hybridized carbons (Fsp3) is 1.00. The normalized spacial score (nSPS) is 28.2. The molecule has 1 heterocycles. The summed E-state index contributed by atoms with van der Waals surface area (Å²) in [4.78, 5) is 2.45. The fourth-order valence-electron chi connectivity index (χ4n) is 3.47. The van der Waals surface area contributed by atoms with E-state index in [2.05, 4.69) is 32.6 Å². The smallest absolute Gasteiger partial charge is 0.0794 e. The molecule has 2 fully saturated rings. The minimum atomic E-state index is -0.0434. The van der Waals surface area contributed by atoms with E-state index < -0.39 is 0 Å². The highest BCUT2D eigenvalue weighted by atomic mass is 16.3. The van der Waals surface area contributed by atoms with Crippen LogP contribution in [-0.2, 0) is 0 Å². The Hall–Kier alpha value is -0.0800. The molecule has 0 amide bonds. The molecule has 0 atom stereocenters. The van der Waals surface area contributed by atoms with E-state index in [9.17, 15) is 5.11 Å². The van der Waals surface area contributed by atoms with E-state index in [0.717, 1.165) is 31.0 Å². The lowest BCUT2D eigenvalue weighted by Crippen LogP contribution is -2.63. The Morgan fingerprint density at radius 3 is 1.87 bits per heavy atom. The molecule has 1 saturated carbocycles. The first-order valence-corrected chi connectivity index (χ1v) is 6.38.